The van der Waals surface area contributed by atoms with E-state index in [0.717, 1.165) is 24.3 Å². The second-order valence-corrected chi connectivity index (χ2v) is 7.03. The van der Waals surface area contributed by atoms with Crippen LogP contribution in [0.15, 0.2) is 24.3 Å². The number of nitrogens with one attached hydrogen (secondary N) is 1. The number of rotatable bonds is 8. The first kappa shape index (κ1) is 22.3. The van der Waals surface area contributed by atoms with Crippen LogP contribution in [0.3, 0.4) is 0 Å². The Morgan fingerprint density at radius 3 is 2.27 bits per heavy atom. The van der Waals surface area contributed by atoms with Crippen LogP contribution < -0.4 is 20.7 Å². The topological polar surface area (TPSA) is 84.7 Å². The van der Waals surface area contributed by atoms with Gasteiger partial charge in [-0.15, -0.1) is 12.4 Å². The zero-order chi connectivity index (χ0) is 18.6. The van der Waals surface area contributed by atoms with Crippen LogP contribution in [0.1, 0.15) is 33.6 Å². The fraction of sp³-hybridized carbons (Fsp3) is 0.579. The van der Waals surface area contributed by atoms with E-state index in [4.69, 9.17) is 10.5 Å². The molecule has 0 spiro atoms. The highest BCUT2D eigenvalue weighted by atomic mass is 35.5. The van der Waals surface area contributed by atoms with Gasteiger partial charge in [-0.2, -0.15) is 0 Å². The quantitative estimate of drug-likeness (QED) is 0.721. The van der Waals surface area contributed by atoms with E-state index in [1.54, 1.807) is 12.0 Å². The van der Waals surface area contributed by atoms with Gasteiger partial charge in [0, 0.05) is 11.7 Å². The zero-order valence-corrected chi connectivity index (χ0v) is 16.7. The van der Waals surface area contributed by atoms with Crippen molar-refractivity contribution in [2.24, 2.45) is 17.6 Å². The van der Waals surface area contributed by atoms with Gasteiger partial charge in [0.1, 0.15) is 5.75 Å². The number of ether oxygens (including phenoxy) is 1. The van der Waals surface area contributed by atoms with Crippen LogP contribution in [0.25, 0.3) is 0 Å². The van der Waals surface area contributed by atoms with E-state index in [0.29, 0.717) is 5.92 Å². The lowest BCUT2D eigenvalue weighted by Gasteiger charge is -2.30. The lowest BCUT2D eigenvalue weighted by atomic mass is 10.1. The maximum absolute atomic E-state index is 12.8. The Hall–Kier alpha value is -1.79. The summed E-state index contributed by atoms with van der Waals surface area (Å²) in [5.41, 5.74) is 6.65. The highest BCUT2D eigenvalue weighted by Crippen LogP contribution is 2.37. The first-order chi connectivity index (χ1) is 11.8. The first-order valence-electron chi connectivity index (χ1n) is 8.84. The van der Waals surface area contributed by atoms with Crippen molar-refractivity contribution in [3.63, 3.8) is 0 Å². The number of hydrogen-bond acceptors (Lipinski definition) is 4. The number of methoxy groups -OCH3 is 1. The Kier molecular flexibility index (Phi) is 8.37. The maximum atomic E-state index is 12.8. The van der Waals surface area contributed by atoms with E-state index in [-0.39, 0.29) is 42.7 Å². The van der Waals surface area contributed by atoms with E-state index in [1.165, 1.54) is 0 Å². The number of amides is 2. The third kappa shape index (κ3) is 5.61. The van der Waals surface area contributed by atoms with E-state index in [9.17, 15) is 9.59 Å². The molecule has 0 aromatic heterocycles. The van der Waals surface area contributed by atoms with Crippen molar-refractivity contribution in [3.05, 3.63) is 24.3 Å². The fourth-order valence-electron chi connectivity index (χ4n) is 2.81. The summed E-state index contributed by atoms with van der Waals surface area (Å²) in [4.78, 5) is 26.6. The second-order valence-electron chi connectivity index (χ2n) is 7.03. The molecule has 1 aromatic carbocycles. The summed E-state index contributed by atoms with van der Waals surface area (Å²) >= 11 is 0. The van der Waals surface area contributed by atoms with Crippen LogP contribution in [-0.2, 0) is 9.59 Å². The van der Waals surface area contributed by atoms with Gasteiger partial charge in [-0.25, -0.2) is 0 Å². The number of carbonyl (C=O) groups is 2. The largest absolute Gasteiger partial charge is 0.497 e. The molecule has 1 aliphatic rings. The van der Waals surface area contributed by atoms with E-state index in [1.807, 2.05) is 38.1 Å². The van der Waals surface area contributed by atoms with Gasteiger partial charge < -0.3 is 20.7 Å². The molecule has 1 fully saturated rings. The zero-order valence-electron chi connectivity index (χ0n) is 15.9. The summed E-state index contributed by atoms with van der Waals surface area (Å²) in [6.07, 6.45) is 2.26. The van der Waals surface area contributed by atoms with Crippen molar-refractivity contribution >= 4 is 29.9 Å². The lowest BCUT2D eigenvalue weighted by molar-refractivity contribution is -0.126. The monoisotopic (exact) mass is 383 g/mol. The predicted octanol–water partition coefficient (Wildman–Crippen LogP) is 2.35. The van der Waals surface area contributed by atoms with Gasteiger partial charge in [0.15, 0.2) is 0 Å². The average molecular weight is 384 g/mol. The number of anilines is 1. The maximum Gasteiger partial charge on any atom is 0.246 e. The summed E-state index contributed by atoms with van der Waals surface area (Å²) in [6.45, 7) is 5.76. The van der Waals surface area contributed by atoms with Crippen molar-refractivity contribution in [1.29, 1.82) is 0 Å². The molecule has 0 aliphatic heterocycles. The average Bonchev–Trinajstić information content (AvgIpc) is 3.44. The lowest BCUT2D eigenvalue weighted by Crippen LogP contribution is -2.50. The molecule has 1 aromatic rings. The number of carbonyl (C=O) groups excluding carboxylic acids is 2. The minimum atomic E-state index is -0.608. The molecule has 2 amide bonds. The molecule has 1 saturated carbocycles. The van der Waals surface area contributed by atoms with Crippen LogP contribution in [0.2, 0.25) is 0 Å². The van der Waals surface area contributed by atoms with Gasteiger partial charge in [0.05, 0.1) is 19.7 Å². The van der Waals surface area contributed by atoms with Gasteiger partial charge in [0.2, 0.25) is 11.8 Å². The minimum absolute atomic E-state index is 0. The normalized spacial score (nSPS) is 15.6. The predicted molar refractivity (Wildman–Crippen MR) is 106 cm³/mol. The van der Waals surface area contributed by atoms with Crippen LogP contribution in [-0.4, -0.2) is 37.6 Å². The second kappa shape index (κ2) is 9.78. The van der Waals surface area contributed by atoms with Crippen molar-refractivity contribution in [2.45, 2.75) is 45.7 Å². The van der Waals surface area contributed by atoms with Gasteiger partial charge in [-0.3, -0.25) is 9.59 Å². The molecule has 2 atom stereocenters. The van der Waals surface area contributed by atoms with E-state index < -0.39 is 6.04 Å². The number of halogens is 1. The molecule has 146 valence electrons. The molecule has 0 heterocycles. The van der Waals surface area contributed by atoms with Gasteiger partial charge in [-0.1, -0.05) is 13.8 Å². The van der Waals surface area contributed by atoms with Crippen LogP contribution in [0.4, 0.5) is 5.69 Å². The molecule has 1 unspecified atom stereocenters. The van der Waals surface area contributed by atoms with Crippen molar-refractivity contribution in [1.82, 2.24) is 5.32 Å². The summed E-state index contributed by atoms with van der Waals surface area (Å²) in [7, 11) is 1.61. The highest BCUT2D eigenvalue weighted by molar-refractivity contribution is 5.97. The Labute approximate surface area is 161 Å². The van der Waals surface area contributed by atoms with E-state index >= 15 is 0 Å². The Morgan fingerprint density at radius 2 is 1.81 bits per heavy atom. The number of benzene rings is 1. The highest BCUT2D eigenvalue weighted by Gasteiger charge is 2.35. The summed E-state index contributed by atoms with van der Waals surface area (Å²) in [6, 6.07) is 6.90. The van der Waals surface area contributed by atoms with Gasteiger partial charge in [-0.05, 0) is 55.9 Å². The molecular formula is C19H30ClN3O3. The van der Waals surface area contributed by atoms with Crippen molar-refractivity contribution in [3.8, 4) is 5.75 Å². The molecule has 0 saturated heterocycles. The summed E-state index contributed by atoms with van der Waals surface area (Å²) in [5, 5.41) is 2.67. The molecular weight excluding hydrogens is 354 g/mol. The molecule has 0 radical (unpaired) electrons. The summed E-state index contributed by atoms with van der Waals surface area (Å²) < 4.78 is 5.18. The number of hydrogen-bond donors (Lipinski definition) is 2. The third-order valence-electron chi connectivity index (χ3n) is 4.77. The Bertz CT molecular complexity index is 603. The van der Waals surface area contributed by atoms with E-state index in [2.05, 4.69) is 12.2 Å². The van der Waals surface area contributed by atoms with Crippen LogP contribution in [0.5, 0.6) is 5.75 Å². The molecule has 3 N–H and O–H groups in total. The molecule has 2 rings (SSSR count). The minimum Gasteiger partial charge on any atom is -0.497 e. The van der Waals surface area contributed by atoms with Gasteiger partial charge in [0.25, 0.3) is 0 Å². The van der Waals surface area contributed by atoms with Gasteiger partial charge >= 0.3 is 0 Å². The number of nitrogens with zero attached hydrogens (tertiary/aromatic N) is 1. The fourth-order valence-corrected chi connectivity index (χ4v) is 2.81. The molecule has 6 nitrogen and oxygen atoms in total. The Morgan fingerprint density at radius 1 is 1.23 bits per heavy atom. The van der Waals surface area contributed by atoms with Crippen LogP contribution >= 0.6 is 12.4 Å². The smallest absolute Gasteiger partial charge is 0.246 e. The molecule has 0 bridgehead atoms. The molecule has 26 heavy (non-hydrogen) atoms. The SMILES string of the molecule is COc1ccc(N(C(=O)CNC(=O)[C@@H](N)C(C)C)C(C)C2CC2)cc1.Cl. The van der Waals surface area contributed by atoms with Crippen LogP contribution in [0, 0.1) is 11.8 Å². The molecule has 7 heteroatoms. The summed E-state index contributed by atoms with van der Waals surface area (Å²) in [5.74, 6) is 0.857. The third-order valence-corrected chi connectivity index (χ3v) is 4.77. The Balaban J connectivity index is 0.00000338. The van der Waals surface area contributed by atoms with Crippen molar-refractivity contribution in [2.75, 3.05) is 18.6 Å². The standard InChI is InChI=1S/C19H29N3O3.ClH/c1-12(2)18(20)19(24)21-11-17(23)22(13(3)14-5-6-14)15-7-9-16(25-4)10-8-15;/h7-10,12-14,18H,5-6,11,20H2,1-4H3,(H,21,24);1H/t13?,18-;/m0./s1. The number of nitrogens with two attached hydrogens (primary N) is 1. The first-order valence-corrected chi connectivity index (χ1v) is 8.84. The molecule has 1 aliphatic carbocycles. The van der Waals surface area contributed by atoms with Crippen molar-refractivity contribution < 1.29 is 14.3 Å².